The standard InChI is InChI=1S/C16H10Cl3FN2O2.C16H12ClFN2O2.CH4.Cl2O2S/c1-23-10-5-11(24-2)14(18)12(13(10)17)7-3-4-9-8(15(7)20)6-21-16(19)22-9;1-21-10-5-9(6-11(7-10)22-2)12-3-4-14-13(15(12)18)8-19-16(17)20-14;;1-5(2,3)4/h3-6H,1-2H3;3-8H,1-2H3;1H4;. The molecule has 0 spiro atoms. The Balaban J connectivity index is 0.000000245. The first-order valence-electron chi connectivity index (χ1n) is 13.8. The van der Waals surface area contributed by atoms with Gasteiger partial charge in [0, 0.05) is 62.6 Å². The zero-order valence-corrected chi connectivity index (χ0v) is 31.8. The second-order valence-corrected chi connectivity index (χ2v) is 14.9. The maximum absolute atomic E-state index is 15.0. The second kappa shape index (κ2) is 18.4. The third kappa shape index (κ3) is 10.2. The third-order valence-corrected chi connectivity index (χ3v) is 7.96. The summed E-state index contributed by atoms with van der Waals surface area (Å²) >= 11 is 24.2. The van der Waals surface area contributed by atoms with Crippen LogP contribution in [0.4, 0.5) is 8.78 Å². The number of hydrogen-bond donors (Lipinski definition) is 0. The van der Waals surface area contributed by atoms with E-state index in [1.54, 1.807) is 50.6 Å². The number of halogens is 8. The van der Waals surface area contributed by atoms with Crippen molar-refractivity contribution in [2.45, 2.75) is 7.43 Å². The van der Waals surface area contributed by atoms with Gasteiger partial charge in [0.1, 0.15) is 34.6 Å². The molecule has 0 saturated carbocycles. The largest absolute Gasteiger partial charge is 0.497 e. The Hall–Kier alpha value is -3.69. The molecule has 0 unspecified atom stereocenters. The van der Waals surface area contributed by atoms with Crippen molar-refractivity contribution in [2.24, 2.45) is 0 Å². The summed E-state index contributed by atoms with van der Waals surface area (Å²) in [6.07, 6.45) is 2.68. The van der Waals surface area contributed by atoms with E-state index in [1.807, 2.05) is 0 Å². The van der Waals surface area contributed by atoms with E-state index in [-0.39, 0.29) is 44.6 Å². The first kappa shape index (κ1) is 42.7. The molecule has 0 atom stereocenters. The van der Waals surface area contributed by atoms with E-state index in [4.69, 9.17) is 73.8 Å². The maximum atomic E-state index is 15.0. The number of rotatable bonds is 6. The van der Waals surface area contributed by atoms with Gasteiger partial charge in [-0.1, -0.05) is 30.6 Å². The summed E-state index contributed by atoms with van der Waals surface area (Å²) in [5.74, 6) is 0.828. The predicted octanol–water partition coefficient (Wildman–Crippen LogP) is 10.9. The molecule has 0 saturated heterocycles. The summed E-state index contributed by atoms with van der Waals surface area (Å²) in [5.41, 5.74) is 2.33. The highest BCUT2D eigenvalue weighted by molar-refractivity contribution is 8.31. The number of fused-ring (bicyclic) bond motifs is 2. The average Bonchev–Trinajstić information content (AvgIpc) is 3.08. The highest BCUT2D eigenvalue weighted by atomic mass is 36.0. The smallest absolute Gasteiger partial charge is 0.317 e. The lowest BCUT2D eigenvalue weighted by Gasteiger charge is -2.15. The van der Waals surface area contributed by atoms with Crippen molar-refractivity contribution in [3.8, 4) is 45.3 Å². The van der Waals surface area contributed by atoms with Crippen LogP contribution in [0.5, 0.6) is 23.0 Å². The average molecular weight is 857 g/mol. The van der Waals surface area contributed by atoms with Crippen LogP contribution in [0, 0.1) is 11.6 Å². The topological polar surface area (TPSA) is 123 Å². The third-order valence-electron chi connectivity index (χ3n) is 6.84. The van der Waals surface area contributed by atoms with E-state index >= 15 is 0 Å². The molecule has 0 N–H and O–H groups in total. The van der Waals surface area contributed by atoms with E-state index in [1.165, 1.54) is 38.7 Å². The Morgan fingerprint density at radius 1 is 0.615 bits per heavy atom. The molecule has 0 bridgehead atoms. The molecule has 10 nitrogen and oxygen atoms in total. The Morgan fingerprint density at radius 3 is 1.42 bits per heavy atom. The number of aromatic nitrogens is 4. The molecule has 0 amide bonds. The highest BCUT2D eigenvalue weighted by Crippen LogP contribution is 2.47. The van der Waals surface area contributed by atoms with Gasteiger partial charge < -0.3 is 18.9 Å². The molecule has 52 heavy (non-hydrogen) atoms. The molecule has 19 heteroatoms. The molecule has 0 fully saturated rings. The zero-order valence-electron chi connectivity index (χ0n) is 26.4. The van der Waals surface area contributed by atoms with Crippen LogP contribution >= 0.6 is 67.8 Å². The quantitative estimate of drug-likeness (QED) is 0.118. The summed E-state index contributed by atoms with van der Waals surface area (Å²) in [5, 5.41) is 0.985. The van der Waals surface area contributed by atoms with Crippen LogP contribution in [0.3, 0.4) is 0 Å². The van der Waals surface area contributed by atoms with E-state index in [0.29, 0.717) is 50.5 Å². The summed E-state index contributed by atoms with van der Waals surface area (Å²) in [4.78, 5) is 15.6. The van der Waals surface area contributed by atoms with Crippen molar-refractivity contribution in [1.29, 1.82) is 0 Å². The monoisotopic (exact) mass is 854 g/mol. The van der Waals surface area contributed by atoms with Gasteiger partial charge in [0.25, 0.3) is 0 Å². The van der Waals surface area contributed by atoms with Crippen molar-refractivity contribution in [3.63, 3.8) is 0 Å². The number of nitrogens with zero attached hydrogens (tertiary/aromatic N) is 4. The Labute approximate surface area is 326 Å². The van der Waals surface area contributed by atoms with Crippen molar-refractivity contribution in [1.82, 2.24) is 19.9 Å². The first-order chi connectivity index (χ1) is 24.1. The molecule has 0 aliphatic heterocycles. The number of benzene rings is 4. The van der Waals surface area contributed by atoms with Gasteiger partial charge in [-0.15, -0.1) is 0 Å². The lowest BCUT2D eigenvalue weighted by atomic mass is 10.0. The molecular formula is C33H26Cl6F2N4O6S. The number of ether oxygens (including phenoxy) is 4. The molecule has 6 aromatic rings. The van der Waals surface area contributed by atoms with Gasteiger partial charge in [0.2, 0.25) is 10.6 Å². The normalized spacial score (nSPS) is 10.7. The van der Waals surface area contributed by atoms with Crippen LogP contribution < -0.4 is 18.9 Å². The van der Waals surface area contributed by atoms with Gasteiger partial charge in [-0.2, -0.15) is 8.42 Å². The van der Waals surface area contributed by atoms with Crippen LogP contribution in [0.25, 0.3) is 44.1 Å². The molecule has 2 aromatic heterocycles. The molecular weight excluding hydrogens is 831 g/mol. The molecule has 0 radical (unpaired) electrons. The summed E-state index contributed by atoms with van der Waals surface area (Å²) in [7, 11) is 10.8. The minimum atomic E-state index is -3.72. The minimum absolute atomic E-state index is 0. The number of hydrogen-bond acceptors (Lipinski definition) is 10. The van der Waals surface area contributed by atoms with Crippen LogP contribution in [0.1, 0.15) is 7.43 Å². The summed E-state index contributed by atoms with van der Waals surface area (Å²) in [6.45, 7) is 0. The zero-order chi connectivity index (χ0) is 37.6. The van der Waals surface area contributed by atoms with Crippen LogP contribution in [-0.4, -0.2) is 56.8 Å². The highest BCUT2D eigenvalue weighted by Gasteiger charge is 2.22. The summed E-state index contributed by atoms with van der Waals surface area (Å²) in [6, 6.07) is 13.2. The molecule has 0 aliphatic carbocycles. The lowest BCUT2D eigenvalue weighted by molar-refractivity contribution is 0.394. The van der Waals surface area contributed by atoms with Gasteiger partial charge in [0.15, 0.2) is 0 Å². The van der Waals surface area contributed by atoms with E-state index in [9.17, 15) is 8.78 Å². The molecule has 2 heterocycles. The fraction of sp³-hybridized carbons (Fsp3) is 0.152. The van der Waals surface area contributed by atoms with Crippen LogP contribution in [0.2, 0.25) is 20.6 Å². The van der Waals surface area contributed by atoms with Gasteiger partial charge >= 0.3 is 8.26 Å². The predicted molar refractivity (Wildman–Crippen MR) is 203 cm³/mol. The SMILES string of the molecule is C.COc1cc(OC)c(Cl)c(-c2ccc3nc(Cl)ncc3c2F)c1Cl.COc1cc(OC)cc(-c2ccc3nc(Cl)ncc3c2F)c1.O=S(=O)(Cl)Cl. The molecule has 6 rings (SSSR count). The minimum Gasteiger partial charge on any atom is -0.497 e. The van der Waals surface area contributed by atoms with Gasteiger partial charge in [0.05, 0.1) is 60.3 Å². The van der Waals surface area contributed by atoms with Crippen molar-refractivity contribution in [2.75, 3.05) is 28.4 Å². The molecule has 4 aromatic carbocycles. The van der Waals surface area contributed by atoms with E-state index in [2.05, 4.69) is 41.3 Å². The molecule has 276 valence electrons. The van der Waals surface area contributed by atoms with Gasteiger partial charge in [-0.3, -0.25) is 0 Å². The summed E-state index contributed by atoms with van der Waals surface area (Å²) < 4.78 is 68.9. The Morgan fingerprint density at radius 2 is 1.02 bits per heavy atom. The molecule has 0 aliphatic rings. The van der Waals surface area contributed by atoms with Crippen molar-refractivity contribution in [3.05, 3.63) is 93.2 Å². The van der Waals surface area contributed by atoms with Gasteiger partial charge in [-0.05, 0) is 65.2 Å². The first-order valence-corrected chi connectivity index (χ1v) is 18.4. The van der Waals surface area contributed by atoms with Crippen LogP contribution in [0.15, 0.2) is 60.9 Å². The second-order valence-electron chi connectivity index (χ2n) is 9.76. The van der Waals surface area contributed by atoms with Crippen molar-refractivity contribution < 1.29 is 36.1 Å². The fourth-order valence-electron chi connectivity index (χ4n) is 4.60. The van der Waals surface area contributed by atoms with Crippen molar-refractivity contribution >= 4 is 97.8 Å². The fourth-order valence-corrected chi connectivity index (χ4v) is 5.58. The Kier molecular flexibility index (Phi) is 15.1. The lowest BCUT2D eigenvalue weighted by Crippen LogP contribution is -1.96. The maximum Gasteiger partial charge on any atom is 0.317 e. The van der Waals surface area contributed by atoms with E-state index < -0.39 is 19.9 Å². The van der Waals surface area contributed by atoms with E-state index in [0.717, 1.165) is 0 Å². The Bertz CT molecular complexity index is 2300. The van der Waals surface area contributed by atoms with Gasteiger partial charge in [-0.25, -0.2) is 28.7 Å². The number of methoxy groups -OCH3 is 4. The van der Waals surface area contributed by atoms with Crippen LogP contribution in [-0.2, 0) is 8.26 Å².